The normalized spacial score (nSPS) is 14.1. The molecule has 1 aliphatic heterocycles. The molecule has 1 heterocycles. The van der Waals surface area contributed by atoms with E-state index in [1.165, 1.54) is 0 Å². The van der Waals surface area contributed by atoms with Crippen LogP contribution in [0.1, 0.15) is 11.1 Å². The predicted octanol–water partition coefficient (Wildman–Crippen LogP) is 3.93. The van der Waals surface area contributed by atoms with Gasteiger partial charge in [0.1, 0.15) is 13.2 Å². The average molecular weight is 494 g/mol. The molecule has 31 heavy (non-hydrogen) atoms. The van der Waals surface area contributed by atoms with E-state index in [1.54, 1.807) is 12.1 Å². The third kappa shape index (κ3) is 7.83. The second-order valence-electron chi connectivity index (χ2n) is 6.09. The monoisotopic (exact) mass is 493 g/mol. The Morgan fingerprint density at radius 1 is 1.03 bits per heavy atom. The molecule has 0 aliphatic carbocycles. The Balaban J connectivity index is 0.000000366. The van der Waals surface area contributed by atoms with E-state index in [4.69, 9.17) is 40.9 Å². The Bertz CT molecular complexity index is 1100. The van der Waals surface area contributed by atoms with Crippen molar-refractivity contribution in [1.82, 2.24) is 0 Å². The number of hydrogen-bond acceptors (Lipinski definition) is 4. The van der Waals surface area contributed by atoms with E-state index in [-0.39, 0.29) is 0 Å². The zero-order valence-corrected chi connectivity index (χ0v) is 18.2. The Labute approximate surface area is 187 Å². The summed E-state index contributed by atoms with van der Waals surface area (Å²) in [6.07, 6.45) is 0. The van der Waals surface area contributed by atoms with Gasteiger partial charge in [-0.3, -0.25) is 0 Å². The van der Waals surface area contributed by atoms with Gasteiger partial charge in [-0.25, -0.2) is 13.0 Å². The molecule has 1 saturated heterocycles. The fourth-order valence-corrected chi connectivity index (χ4v) is 2.72. The van der Waals surface area contributed by atoms with Gasteiger partial charge in [-0.15, -0.1) is 0 Å². The zero-order valence-electron chi connectivity index (χ0n) is 15.8. The lowest BCUT2D eigenvalue weighted by molar-refractivity contribution is -0.547. The molecule has 11 heteroatoms. The maximum absolute atomic E-state index is 10.7. The topological polar surface area (TPSA) is 69.4 Å². The molecule has 0 atom stereocenters. The van der Waals surface area contributed by atoms with Gasteiger partial charge in [0, 0.05) is 11.5 Å². The largest absolute Gasteiger partial charge is 0.741 e. The molecular weight excluding hydrogens is 478 g/mol. The summed E-state index contributed by atoms with van der Waals surface area (Å²) in [5.74, 6) is 6.50. The van der Waals surface area contributed by atoms with Crippen molar-refractivity contribution in [3.05, 3.63) is 69.7 Å². The van der Waals surface area contributed by atoms with E-state index in [9.17, 15) is 13.2 Å². The van der Waals surface area contributed by atoms with E-state index in [2.05, 4.69) is 28.5 Å². The van der Waals surface area contributed by atoms with Crippen LogP contribution in [0.3, 0.4) is 0 Å². The summed E-state index contributed by atoms with van der Waals surface area (Å²) in [6.45, 7) is 3.15. The molecule has 0 aromatic heterocycles. The minimum atomic E-state index is -6.09. The number of halogens is 5. The lowest BCUT2D eigenvalue weighted by Gasteiger charge is -2.12. The summed E-state index contributed by atoms with van der Waals surface area (Å²) < 4.78 is 66.6. The van der Waals surface area contributed by atoms with Gasteiger partial charge in [-0.2, -0.15) is 13.2 Å². The first-order valence-electron chi connectivity index (χ1n) is 8.73. The summed E-state index contributed by atoms with van der Waals surface area (Å²) in [5, 5.41) is 1.06. The quantitative estimate of drug-likeness (QED) is 0.261. The van der Waals surface area contributed by atoms with Gasteiger partial charge in [0.2, 0.25) is 0 Å². The van der Waals surface area contributed by atoms with Gasteiger partial charge in [-0.05, 0) is 30.3 Å². The molecule has 0 unspecified atom stereocenters. The maximum Gasteiger partial charge on any atom is 0.485 e. The number of benzene rings is 2. The number of hydrogen-bond donors (Lipinski definition) is 0. The van der Waals surface area contributed by atoms with Crippen LogP contribution in [-0.4, -0.2) is 55.1 Å². The highest BCUT2D eigenvalue weighted by molar-refractivity contribution is 7.86. The summed E-state index contributed by atoms with van der Waals surface area (Å²) in [4.78, 5) is 0. The van der Waals surface area contributed by atoms with Crippen molar-refractivity contribution in [3.63, 3.8) is 0 Å². The Kier molecular flexibility index (Phi) is 8.91. The van der Waals surface area contributed by atoms with Crippen LogP contribution in [0.5, 0.6) is 0 Å². The van der Waals surface area contributed by atoms with Gasteiger partial charge in [0.25, 0.3) is 5.71 Å². The third-order valence-corrected chi connectivity index (χ3v) is 5.21. The number of rotatable bonds is 1. The average Bonchev–Trinajstić information content (AvgIpc) is 2.71. The van der Waals surface area contributed by atoms with Gasteiger partial charge >= 0.3 is 5.51 Å². The van der Waals surface area contributed by atoms with Crippen molar-refractivity contribution in [1.29, 1.82) is 0 Å². The molecule has 0 spiro atoms. The van der Waals surface area contributed by atoms with Crippen LogP contribution >= 0.6 is 23.2 Å². The minimum absolute atomic E-state index is 0.520. The fourth-order valence-electron chi connectivity index (χ4n) is 2.42. The smallest absolute Gasteiger partial charge is 0.485 e. The fraction of sp³-hybridized carbons (Fsp3) is 0.250. The van der Waals surface area contributed by atoms with Crippen molar-refractivity contribution in [2.24, 2.45) is 0 Å². The van der Waals surface area contributed by atoms with Crippen LogP contribution in [0.4, 0.5) is 13.2 Å². The van der Waals surface area contributed by atoms with Gasteiger partial charge in [-0.1, -0.05) is 47.3 Å². The zero-order chi connectivity index (χ0) is 23.1. The highest BCUT2D eigenvalue weighted by Crippen LogP contribution is 2.22. The molecule has 0 radical (unpaired) electrons. The highest BCUT2D eigenvalue weighted by atomic mass is 35.5. The first-order chi connectivity index (χ1) is 14.5. The van der Waals surface area contributed by atoms with Crippen molar-refractivity contribution >= 4 is 39.0 Å². The first kappa shape index (κ1) is 25.2. The lowest BCUT2D eigenvalue weighted by Crippen LogP contribution is -2.33. The minimum Gasteiger partial charge on any atom is -0.741 e. The molecule has 0 saturated carbocycles. The summed E-state index contributed by atoms with van der Waals surface area (Å²) in [6, 6.07) is 15.6. The second-order valence-corrected chi connectivity index (χ2v) is 8.28. The molecule has 2 aromatic rings. The molecule has 2 aromatic carbocycles. The van der Waals surface area contributed by atoms with Crippen LogP contribution in [-0.2, 0) is 14.9 Å². The van der Waals surface area contributed by atoms with Gasteiger partial charge in [0.15, 0.2) is 23.2 Å². The Morgan fingerprint density at radius 2 is 1.61 bits per heavy atom. The van der Waals surface area contributed by atoms with E-state index in [1.807, 2.05) is 24.3 Å². The summed E-state index contributed by atoms with van der Waals surface area (Å²) in [5.41, 5.74) is -2.67. The van der Waals surface area contributed by atoms with E-state index in [0.29, 0.717) is 10.0 Å². The SMILES string of the molecule is Clc1ccc(C#CC(c2ccccc2)=[N+]2CCOCC2)cc1Cl.O=S(=O)([O-])C(F)(F)F. The summed E-state index contributed by atoms with van der Waals surface area (Å²) in [7, 11) is -6.09. The number of ether oxygens (including phenoxy) is 1. The molecule has 3 rings (SSSR count). The summed E-state index contributed by atoms with van der Waals surface area (Å²) >= 11 is 12.0. The lowest BCUT2D eigenvalue weighted by atomic mass is 10.1. The Morgan fingerprint density at radius 3 is 2.13 bits per heavy atom. The Hall–Kier alpha value is -2.09. The second kappa shape index (κ2) is 11.0. The van der Waals surface area contributed by atoms with Gasteiger partial charge < -0.3 is 9.29 Å². The molecule has 166 valence electrons. The van der Waals surface area contributed by atoms with Gasteiger partial charge in [0.05, 0.1) is 15.6 Å². The highest BCUT2D eigenvalue weighted by Gasteiger charge is 2.36. The van der Waals surface area contributed by atoms with Crippen molar-refractivity contribution in [3.8, 4) is 11.8 Å². The molecule has 0 N–H and O–H groups in total. The van der Waals surface area contributed by atoms with Crippen molar-refractivity contribution in [2.75, 3.05) is 26.3 Å². The number of alkyl halides is 3. The van der Waals surface area contributed by atoms with E-state index >= 15 is 0 Å². The predicted molar refractivity (Wildman–Crippen MR) is 110 cm³/mol. The van der Waals surface area contributed by atoms with Crippen molar-refractivity contribution < 1.29 is 35.5 Å². The van der Waals surface area contributed by atoms with Crippen LogP contribution in [0.15, 0.2) is 48.5 Å². The first-order valence-corrected chi connectivity index (χ1v) is 10.9. The molecule has 0 bridgehead atoms. The van der Waals surface area contributed by atoms with Crippen LogP contribution in [0.25, 0.3) is 0 Å². The molecule has 1 aliphatic rings. The molecular formula is C20H16Cl2F3NO4S. The molecule has 0 amide bonds. The number of morpholine rings is 1. The number of nitrogens with zero attached hydrogens (tertiary/aromatic N) is 1. The standard InChI is InChI=1S/C19H16Cl2NO.CHF3O3S/c20-17-8-6-15(14-18(17)21)7-9-19(16-4-2-1-3-5-16)22-10-12-23-13-11-22;2-1(3,4)8(5,6)7/h1-6,8,14H,10-13H2;(H,5,6,7)/q+1;/p-1. The van der Waals surface area contributed by atoms with Crippen LogP contribution in [0.2, 0.25) is 10.0 Å². The van der Waals surface area contributed by atoms with Crippen molar-refractivity contribution in [2.45, 2.75) is 5.51 Å². The van der Waals surface area contributed by atoms with Crippen LogP contribution < -0.4 is 0 Å². The third-order valence-electron chi connectivity index (χ3n) is 3.90. The van der Waals surface area contributed by atoms with Crippen LogP contribution in [0, 0.1) is 11.8 Å². The van der Waals surface area contributed by atoms with E-state index in [0.717, 1.165) is 43.1 Å². The van der Waals surface area contributed by atoms with E-state index < -0.39 is 15.6 Å². The molecule has 5 nitrogen and oxygen atoms in total. The molecule has 1 fully saturated rings. The maximum atomic E-state index is 10.7.